The molecule has 1 fully saturated rings. The van der Waals surface area contributed by atoms with Gasteiger partial charge in [-0.1, -0.05) is 23.2 Å². The van der Waals surface area contributed by atoms with Crippen molar-refractivity contribution in [2.45, 2.75) is 25.3 Å². The van der Waals surface area contributed by atoms with Gasteiger partial charge in [0.05, 0.1) is 17.1 Å². The Balaban J connectivity index is 1.83. The molecule has 1 aliphatic rings. The topological polar surface area (TPSA) is 78.4 Å². The van der Waals surface area contributed by atoms with Crippen LogP contribution in [0.2, 0.25) is 10.0 Å². The lowest BCUT2D eigenvalue weighted by Crippen LogP contribution is -2.43. The maximum atomic E-state index is 12.0. The Morgan fingerprint density at radius 2 is 2.05 bits per heavy atom. The number of nitrogens with one attached hydrogen (secondary N) is 2. The molecule has 0 aromatic heterocycles. The van der Waals surface area contributed by atoms with Crippen molar-refractivity contribution in [2.24, 2.45) is 5.92 Å². The molecule has 1 atom stereocenters. The van der Waals surface area contributed by atoms with Gasteiger partial charge in [0.2, 0.25) is 5.91 Å². The first kappa shape index (κ1) is 17.1. The second-order valence-electron chi connectivity index (χ2n) is 5.33. The van der Waals surface area contributed by atoms with E-state index in [0.29, 0.717) is 17.4 Å². The van der Waals surface area contributed by atoms with Crippen LogP contribution in [0.4, 0.5) is 0 Å². The van der Waals surface area contributed by atoms with E-state index in [4.69, 9.17) is 28.3 Å². The number of amides is 2. The van der Waals surface area contributed by atoms with Gasteiger partial charge in [0, 0.05) is 17.7 Å². The third-order valence-corrected chi connectivity index (χ3v) is 4.11. The van der Waals surface area contributed by atoms with Crippen molar-refractivity contribution < 1.29 is 14.7 Å². The second-order valence-corrected chi connectivity index (χ2v) is 6.17. The van der Waals surface area contributed by atoms with E-state index in [1.807, 2.05) is 0 Å². The molecule has 1 unspecified atom stereocenters. The summed E-state index contributed by atoms with van der Waals surface area (Å²) in [6.07, 6.45) is 2.67. The molecule has 2 amide bonds. The Kier molecular flexibility index (Phi) is 6.06. The van der Waals surface area contributed by atoms with Crippen molar-refractivity contribution in [2.75, 3.05) is 13.2 Å². The molecule has 1 aromatic carbocycles. The van der Waals surface area contributed by atoms with Gasteiger partial charge in [-0.2, -0.15) is 0 Å². The molecule has 7 heteroatoms. The molecule has 3 N–H and O–H groups in total. The van der Waals surface area contributed by atoms with Crippen LogP contribution >= 0.6 is 23.2 Å². The van der Waals surface area contributed by atoms with E-state index in [1.54, 1.807) is 6.07 Å². The third kappa shape index (κ3) is 4.87. The number of carbonyl (C=O) groups is 2. The highest BCUT2D eigenvalue weighted by atomic mass is 35.5. The predicted molar refractivity (Wildman–Crippen MR) is 85.2 cm³/mol. The molecule has 1 aliphatic carbocycles. The van der Waals surface area contributed by atoms with Crippen molar-refractivity contribution in [3.05, 3.63) is 33.8 Å². The van der Waals surface area contributed by atoms with Crippen LogP contribution in [0.5, 0.6) is 0 Å². The number of aliphatic hydroxyl groups is 1. The fourth-order valence-electron chi connectivity index (χ4n) is 2.25. The molecule has 0 saturated heterocycles. The average Bonchev–Trinajstić information content (AvgIpc) is 3.29. The maximum Gasteiger partial charge on any atom is 0.253 e. The van der Waals surface area contributed by atoms with Gasteiger partial charge in [0.15, 0.2) is 0 Å². The minimum atomic E-state index is -0.429. The lowest BCUT2D eigenvalue weighted by Gasteiger charge is -2.17. The SMILES string of the molecule is O=C(CNC(=O)c1ccc(Cl)cc1Cl)NC(CCO)C1CC1. The van der Waals surface area contributed by atoms with E-state index in [9.17, 15) is 9.59 Å². The highest BCUT2D eigenvalue weighted by molar-refractivity contribution is 6.36. The summed E-state index contributed by atoms with van der Waals surface area (Å²) >= 11 is 11.7. The molecule has 5 nitrogen and oxygen atoms in total. The van der Waals surface area contributed by atoms with Crippen molar-refractivity contribution in [1.82, 2.24) is 10.6 Å². The normalized spacial score (nSPS) is 15.2. The zero-order valence-electron chi connectivity index (χ0n) is 11.9. The minimum Gasteiger partial charge on any atom is -0.396 e. The molecule has 1 saturated carbocycles. The van der Waals surface area contributed by atoms with Crippen LogP contribution in [0.15, 0.2) is 18.2 Å². The first-order valence-electron chi connectivity index (χ1n) is 7.14. The summed E-state index contributed by atoms with van der Waals surface area (Å²) in [5.41, 5.74) is 0.271. The van der Waals surface area contributed by atoms with Crippen LogP contribution in [-0.4, -0.2) is 36.1 Å². The van der Waals surface area contributed by atoms with Crippen LogP contribution < -0.4 is 10.6 Å². The molecule has 0 radical (unpaired) electrons. The van der Waals surface area contributed by atoms with Gasteiger partial charge >= 0.3 is 0 Å². The molecule has 0 bridgehead atoms. The highest BCUT2D eigenvalue weighted by Gasteiger charge is 2.31. The third-order valence-electron chi connectivity index (χ3n) is 3.56. The van der Waals surface area contributed by atoms with E-state index in [-0.39, 0.29) is 35.7 Å². The number of benzene rings is 1. The van der Waals surface area contributed by atoms with E-state index in [0.717, 1.165) is 12.8 Å². The summed E-state index contributed by atoms with van der Waals surface area (Å²) in [7, 11) is 0. The van der Waals surface area contributed by atoms with E-state index in [2.05, 4.69) is 10.6 Å². The lowest BCUT2D eigenvalue weighted by atomic mass is 10.1. The molecular weight excluding hydrogens is 327 g/mol. The summed E-state index contributed by atoms with van der Waals surface area (Å²) in [4.78, 5) is 23.9. The predicted octanol–water partition coefficient (Wildman–Crippen LogP) is 2.00. The minimum absolute atomic E-state index is 0.0199. The van der Waals surface area contributed by atoms with Crippen LogP contribution in [-0.2, 0) is 4.79 Å². The largest absolute Gasteiger partial charge is 0.396 e. The van der Waals surface area contributed by atoms with Crippen LogP contribution in [0.3, 0.4) is 0 Å². The second kappa shape index (κ2) is 7.81. The van der Waals surface area contributed by atoms with E-state index >= 15 is 0 Å². The van der Waals surface area contributed by atoms with Gasteiger partial charge in [-0.05, 0) is 43.4 Å². The first-order valence-corrected chi connectivity index (χ1v) is 7.90. The zero-order valence-corrected chi connectivity index (χ0v) is 13.5. The standard InChI is InChI=1S/C15H18Cl2N2O3/c16-10-3-4-11(12(17)7-10)15(22)18-8-14(21)19-13(5-6-20)9-1-2-9/h3-4,7,9,13,20H,1-2,5-6,8H2,(H,18,22)(H,19,21). The van der Waals surface area contributed by atoms with Gasteiger partial charge in [0.25, 0.3) is 5.91 Å². The Hall–Kier alpha value is -1.30. The van der Waals surface area contributed by atoms with E-state index in [1.165, 1.54) is 12.1 Å². The number of hydrogen-bond donors (Lipinski definition) is 3. The Morgan fingerprint density at radius 3 is 2.64 bits per heavy atom. The summed E-state index contributed by atoms with van der Waals surface area (Å²) < 4.78 is 0. The Bertz CT molecular complexity index is 562. The van der Waals surface area contributed by atoms with Crippen molar-refractivity contribution in [3.8, 4) is 0 Å². The number of halogens is 2. The summed E-state index contributed by atoms with van der Waals surface area (Å²) in [5.74, 6) is -0.261. The van der Waals surface area contributed by atoms with E-state index < -0.39 is 5.91 Å². The summed E-state index contributed by atoms with van der Waals surface area (Å²) in [6, 6.07) is 4.53. The van der Waals surface area contributed by atoms with Gasteiger partial charge in [-0.25, -0.2) is 0 Å². The fourth-order valence-corrected chi connectivity index (χ4v) is 2.74. The number of carbonyl (C=O) groups excluding carboxylic acids is 2. The molecule has 0 spiro atoms. The summed E-state index contributed by atoms with van der Waals surface area (Å²) in [6.45, 7) is -0.0966. The van der Waals surface area contributed by atoms with Gasteiger partial charge in [-0.3, -0.25) is 9.59 Å². The molecule has 2 rings (SSSR count). The Labute approximate surface area is 139 Å². The highest BCUT2D eigenvalue weighted by Crippen LogP contribution is 2.33. The fraction of sp³-hybridized carbons (Fsp3) is 0.467. The van der Waals surface area contributed by atoms with Crippen LogP contribution in [0.1, 0.15) is 29.6 Å². The van der Waals surface area contributed by atoms with Crippen molar-refractivity contribution >= 4 is 35.0 Å². The smallest absolute Gasteiger partial charge is 0.253 e. The average molecular weight is 345 g/mol. The van der Waals surface area contributed by atoms with Gasteiger partial charge in [0.1, 0.15) is 0 Å². The zero-order chi connectivity index (χ0) is 16.1. The summed E-state index contributed by atoms with van der Waals surface area (Å²) in [5, 5.41) is 15.0. The molecular formula is C15H18Cl2N2O3. The molecule has 0 heterocycles. The quantitative estimate of drug-likeness (QED) is 0.707. The number of aliphatic hydroxyl groups excluding tert-OH is 1. The molecule has 0 aliphatic heterocycles. The maximum absolute atomic E-state index is 12.0. The van der Waals surface area contributed by atoms with Crippen molar-refractivity contribution in [3.63, 3.8) is 0 Å². The van der Waals surface area contributed by atoms with Gasteiger partial charge in [-0.15, -0.1) is 0 Å². The van der Waals surface area contributed by atoms with Crippen molar-refractivity contribution in [1.29, 1.82) is 0 Å². The molecule has 22 heavy (non-hydrogen) atoms. The first-order chi connectivity index (χ1) is 10.5. The van der Waals surface area contributed by atoms with Crippen LogP contribution in [0, 0.1) is 5.92 Å². The Morgan fingerprint density at radius 1 is 1.32 bits per heavy atom. The monoisotopic (exact) mass is 344 g/mol. The van der Waals surface area contributed by atoms with Crippen LogP contribution in [0.25, 0.3) is 0 Å². The number of rotatable bonds is 7. The lowest BCUT2D eigenvalue weighted by molar-refractivity contribution is -0.121. The molecule has 1 aromatic rings. The number of hydrogen-bond acceptors (Lipinski definition) is 3. The van der Waals surface area contributed by atoms with Gasteiger partial charge < -0.3 is 15.7 Å². The molecule has 120 valence electrons.